The fraction of sp³-hybridized carbons (Fsp3) is 0.333. The zero-order chi connectivity index (χ0) is 13.8. The number of hydrogen-bond acceptors (Lipinski definition) is 4. The normalized spacial score (nSPS) is 12.2. The van der Waals surface area contributed by atoms with E-state index >= 15 is 0 Å². The average molecular weight is 261 g/mol. The first-order valence-corrected chi connectivity index (χ1v) is 6.13. The highest BCUT2D eigenvalue weighted by Gasteiger charge is 2.18. The van der Waals surface area contributed by atoms with E-state index in [1.165, 1.54) is 0 Å². The smallest absolute Gasteiger partial charge is 0.127 e. The molecule has 0 aliphatic heterocycles. The number of nitrogens with one attached hydrogen (secondary N) is 1. The number of benzene rings is 1. The Balaban J connectivity index is 2.43. The molecule has 2 rings (SSSR count). The van der Waals surface area contributed by atoms with E-state index in [4.69, 9.17) is 13.9 Å². The number of hydrogen-bond donors (Lipinski definition) is 1. The van der Waals surface area contributed by atoms with E-state index in [0.29, 0.717) is 0 Å². The van der Waals surface area contributed by atoms with Crippen molar-refractivity contribution >= 4 is 0 Å². The summed E-state index contributed by atoms with van der Waals surface area (Å²) in [4.78, 5) is 0. The average Bonchev–Trinajstić information content (AvgIpc) is 2.86. The molecule has 0 amide bonds. The zero-order valence-electron chi connectivity index (χ0n) is 11.7. The van der Waals surface area contributed by atoms with Crippen molar-refractivity contribution in [1.82, 2.24) is 5.32 Å². The molecule has 0 saturated carbocycles. The zero-order valence-corrected chi connectivity index (χ0v) is 11.7. The molecule has 102 valence electrons. The van der Waals surface area contributed by atoms with Gasteiger partial charge in [0.25, 0.3) is 0 Å². The Morgan fingerprint density at radius 1 is 1.16 bits per heavy atom. The third kappa shape index (κ3) is 2.74. The second-order valence-electron chi connectivity index (χ2n) is 4.32. The van der Waals surface area contributed by atoms with Crippen LogP contribution in [0, 0.1) is 6.92 Å². The van der Waals surface area contributed by atoms with Crippen LogP contribution in [0.2, 0.25) is 0 Å². The predicted octanol–water partition coefficient (Wildman–Crippen LogP) is 2.91. The minimum Gasteiger partial charge on any atom is -0.497 e. The Hall–Kier alpha value is -1.94. The van der Waals surface area contributed by atoms with Gasteiger partial charge >= 0.3 is 0 Å². The molecule has 0 aliphatic carbocycles. The minimum atomic E-state index is 0.0262. The molecule has 1 aromatic carbocycles. The molecule has 0 bridgehead atoms. The third-order valence-electron chi connectivity index (χ3n) is 3.12. The van der Waals surface area contributed by atoms with Crippen molar-refractivity contribution in [3.05, 3.63) is 47.4 Å². The van der Waals surface area contributed by atoms with Crippen LogP contribution in [-0.4, -0.2) is 21.3 Å². The van der Waals surface area contributed by atoms with Crippen molar-refractivity contribution in [2.24, 2.45) is 0 Å². The van der Waals surface area contributed by atoms with Gasteiger partial charge in [0, 0.05) is 17.2 Å². The van der Waals surface area contributed by atoms with Gasteiger partial charge in [-0.2, -0.15) is 0 Å². The summed E-state index contributed by atoms with van der Waals surface area (Å²) in [5, 5.41) is 3.28. The van der Waals surface area contributed by atoms with Gasteiger partial charge < -0.3 is 19.2 Å². The molecule has 0 aliphatic rings. The number of rotatable bonds is 5. The summed E-state index contributed by atoms with van der Waals surface area (Å²) in [5.41, 5.74) is 2.12. The summed E-state index contributed by atoms with van der Waals surface area (Å²) in [6, 6.07) is 7.85. The molecule has 1 N–H and O–H groups in total. The van der Waals surface area contributed by atoms with E-state index in [1.54, 1.807) is 20.5 Å². The van der Waals surface area contributed by atoms with Crippen molar-refractivity contribution < 1.29 is 13.9 Å². The van der Waals surface area contributed by atoms with Gasteiger partial charge in [0.15, 0.2) is 0 Å². The maximum absolute atomic E-state index is 5.45. The van der Waals surface area contributed by atoms with Crippen LogP contribution in [0.3, 0.4) is 0 Å². The van der Waals surface area contributed by atoms with Crippen molar-refractivity contribution in [1.29, 1.82) is 0 Å². The van der Waals surface area contributed by atoms with Gasteiger partial charge in [0.2, 0.25) is 0 Å². The molecule has 0 spiro atoms. The SMILES string of the molecule is CNC(c1coc(C)c1)c1ccc(OC)cc1OC. The van der Waals surface area contributed by atoms with Crippen LogP contribution in [-0.2, 0) is 0 Å². The standard InChI is InChI=1S/C15H19NO3/c1-10-7-11(9-19-10)15(16-2)13-6-5-12(17-3)8-14(13)18-4/h5-9,15-16H,1-4H3. The lowest BCUT2D eigenvalue weighted by Gasteiger charge is -2.18. The lowest BCUT2D eigenvalue weighted by atomic mass is 10.00. The van der Waals surface area contributed by atoms with Gasteiger partial charge in [-0.15, -0.1) is 0 Å². The molecule has 0 saturated heterocycles. The Morgan fingerprint density at radius 3 is 2.47 bits per heavy atom. The first-order valence-electron chi connectivity index (χ1n) is 6.13. The van der Waals surface area contributed by atoms with Crippen LogP contribution in [0.15, 0.2) is 34.9 Å². The van der Waals surface area contributed by atoms with Gasteiger partial charge in [0.1, 0.15) is 17.3 Å². The van der Waals surface area contributed by atoms with Gasteiger partial charge in [0.05, 0.1) is 26.5 Å². The van der Waals surface area contributed by atoms with Crippen molar-refractivity contribution in [2.75, 3.05) is 21.3 Å². The number of ether oxygens (including phenoxy) is 2. The molecule has 4 heteroatoms. The van der Waals surface area contributed by atoms with Gasteiger partial charge in [-0.3, -0.25) is 0 Å². The van der Waals surface area contributed by atoms with E-state index in [1.807, 2.05) is 38.2 Å². The van der Waals surface area contributed by atoms with Gasteiger partial charge in [-0.05, 0) is 32.2 Å². The van der Waals surface area contributed by atoms with Crippen LogP contribution >= 0.6 is 0 Å². The largest absolute Gasteiger partial charge is 0.497 e. The Morgan fingerprint density at radius 2 is 1.95 bits per heavy atom. The fourth-order valence-electron chi connectivity index (χ4n) is 2.17. The predicted molar refractivity (Wildman–Crippen MR) is 73.9 cm³/mol. The van der Waals surface area contributed by atoms with Crippen LogP contribution in [0.4, 0.5) is 0 Å². The lowest BCUT2D eigenvalue weighted by molar-refractivity contribution is 0.388. The van der Waals surface area contributed by atoms with Crippen molar-refractivity contribution in [3.8, 4) is 11.5 Å². The van der Waals surface area contributed by atoms with Crippen LogP contribution < -0.4 is 14.8 Å². The summed E-state index contributed by atoms with van der Waals surface area (Å²) in [6.45, 7) is 1.93. The quantitative estimate of drug-likeness (QED) is 0.898. The first-order chi connectivity index (χ1) is 9.19. The highest BCUT2D eigenvalue weighted by molar-refractivity contribution is 5.45. The van der Waals surface area contributed by atoms with Gasteiger partial charge in [-0.1, -0.05) is 0 Å². The molecule has 1 unspecified atom stereocenters. The molecule has 4 nitrogen and oxygen atoms in total. The second kappa shape index (κ2) is 5.80. The Bertz CT molecular complexity index is 548. The molecular weight excluding hydrogens is 242 g/mol. The molecule has 0 radical (unpaired) electrons. The topological polar surface area (TPSA) is 43.6 Å². The maximum atomic E-state index is 5.45. The van der Waals surface area contributed by atoms with E-state index in [0.717, 1.165) is 28.4 Å². The van der Waals surface area contributed by atoms with Crippen LogP contribution in [0.1, 0.15) is 22.9 Å². The summed E-state index contributed by atoms with van der Waals surface area (Å²) >= 11 is 0. The molecule has 0 fully saturated rings. The summed E-state index contributed by atoms with van der Waals surface area (Å²) < 4.78 is 16.0. The van der Waals surface area contributed by atoms with E-state index in [9.17, 15) is 0 Å². The minimum absolute atomic E-state index is 0.0262. The third-order valence-corrected chi connectivity index (χ3v) is 3.12. The highest BCUT2D eigenvalue weighted by atomic mass is 16.5. The highest BCUT2D eigenvalue weighted by Crippen LogP contribution is 2.33. The number of methoxy groups -OCH3 is 2. The van der Waals surface area contributed by atoms with Crippen LogP contribution in [0.5, 0.6) is 11.5 Å². The van der Waals surface area contributed by atoms with Crippen molar-refractivity contribution in [3.63, 3.8) is 0 Å². The van der Waals surface area contributed by atoms with E-state index in [2.05, 4.69) is 5.32 Å². The number of furan rings is 1. The Labute approximate surface area is 113 Å². The lowest BCUT2D eigenvalue weighted by Crippen LogP contribution is -2.17. The molecular formula is C15H19NO3. The van der Waals surface area contributed by atoms with Gasteiger partial charge in [-0.25, -0.2) is 0 Å². The molecule has 1 atom stereocenters. The first kappa shape index (κ1) is 13.5. The maximum Gasteiger partial charge on any atom is 0.127 e. The summed E-state index contributed by atoms with van der Waals surface area (Å²) in [6.07, 6.45) is 1.76. The van der Waals surface area contributed by atoms with E-state index < -0.39 is 0 Å². The number of aryl methyl sites for hydroxylation is 1. The summed E-state index contributed by atoms with van der Waals surface area (Å²) in [5.74, 6) is 2.46. The Kier molecular flexibility index (Phi) is 4.12. The fourth-order valence-corrected chi connectivity index (χ4v) is 2.17. The molecule has 19 heavy (non-hydrogen) atoms. The van der Waals surface area contributed by atoms with Crippen molar-refractivity contribution in [2.45, 2.75) is 13.0 Å². The molecule has 1 heterocycles. The summed E-state index contributed by atoms with van der Waals surface area (Å²) in [7, 11) is 5.21. The van der Waals surface area contributed by atoms with E-state index in [-0.39, 0.29) is 6.04 Å². The molecule has 1 aromatic heterocycles. The van der Waals surface area contributed by atoms with Crippen LogP contribution in [0.25, 0.3) is 0 Å². The molecule has 2 aromatic rings. The second-order valence-corrected chi connectivity index (χ2v) is 4.32. The monoisotopic (exact) mass is 261 g/mol.